The highest BCUT2D eigenvalue weighted by Crippen LogP contribution is 2.24. The molecule has 0 spiro atoms. The lowest BCUT2D eigenvalue weighted by molar-refractivity contribution is 0.132. The molecule has 3 nitrogen and oxygen atoms in total. The fourth-order valence-electron chi connectivity index (χ4n) is 2.93. The van der Waals surface area contributed by atoms with Crippen LogP contribution in [0.5, 0.6) is 0 Å². The van der Waals surface area contributed by atoms with Crippen LogP contribution in [0.15, 0.2) is 0 Å². The second-order valence-electron chi connectivity index (χ2n) is 6.49. The highest BCUT2D eigenvalue weighted by atomic mass is 16.5. The zero-order valence-corrected chi connectivity index (χ0v) is 14.0. The van der Waals surface area contributed by atoms with Crippen molar-refractivity contribution in [1.82, 2.24) is 10.2 Å². The monoisotopic (exact) mass is 284 g/mol. The lowest BCUT2D eigenvalue weighted by Crippen LogP contribution is -2.34. The van der Waals surface area contributed by atoms with Crippen LogP contribution in [0.3, 0.4) is 0 Å². The van der Waals surface area contributed by atoms with Gasteiger partial charge in [-0.2, -0.15) is 0 Å². The molecule has 1 aliphatic heterocycles. The van der Waals surface area contributed by atoms with Gasteiger partial charge in [-0.05, 0) is 50.6 Å². The van der Waals surface area contributed by atoms with E-state index in [0.29, 0.717) is 0 Å². The van der Waals surface area contributed by atoms with Gasteiger partial charge in [-0.15, -0.1) is 0 Å². The maximum Gasteiger partial charge on any atom is 0.0590 e. The summed E-state index contributed by atoms with van der Waals surface area (Å²) in [4.78, 5) is 2.63. The maximum atomic E-state index is 5.55. The van der Waals surface area contributed by atoms with E-state index in [1.807, 2.05) is 0 Å². The smallest absolute Gasteiger partial charge is 0.0590 e. The number of ether oxygens (including phenoxy) is 1. The molecular formula is C17H36N2O. The van der Waals surface area contributed by atoms with Gasteiger partial charge < -0.3 is 15.0 Å². The van der Waals surface area contributed by atoms with E-state index in [0.717, 1.165) is 38.1 Å². The van der Waals surface area contributed by atoms with Crippen LogP contribution in [-0.4, -0.2) is 50.8 Å². The highest BCUT2D eigenvalue weighted by molar-refractivity contribution is 4.72. The summed E-state index contributed by atoms with van der Waals surface area (Å²) in [7, 11) is 0. The Balaban J connectivity index is 1.96. The van der Waals surface area contributed by atoms with Gasteiger partial charge in [0.1, 0.15) is 0 Å². The van der Waals surface area contributed by atoms with Gasteiger partial charge in [0, 0.05) is 26.2 Å². The van der Waals surface area contributed by atoms with Crippen molar-refractivity contribution in [3.05, 3.63) is 0 Å². The molecule has 0 aromatic rings. The van der Waals surface area contributed by atoms with Crippen LogP contribution in [-0.2, 0) is 4.74 Å². The Hall–Kier alpha value is -0.120. The molecule has 0 aromatic heterocycles. The lowest BCUT2D eigenvalue weighted by atomic mass is 9.89. The molecule has 120 valence electrons. The van der Waals surface area contributed by atoms with E-state index in [1.165, 1.54) is 51.7 Å². The van der Waals surface area contributed by atoms with Gasteiger partial charge in [0.2, 0.25) is 0 Å². The number of nitrogens with zero attached hydrogens (tertiary/aromatic N) is 1. The summed E-state index contributed by atoms with van der Waals surface area (Å²) in [5, 5.41) is 3.50. The molecule has 0 radical (unpaired) electrons. The lowest BCUT2D eigenvalue weighted by Gasteiger charge is -2.21. The Kier molecular flexibility index (Phi) is 10.3. The Labute approximate surface area is 126 Å². The zero-order chi connectivity index (χ0) is 14.6. The average molecular weight is 284 g/mol. The molecule has 1 rings (SSSR count). The summed E-state index contributed by atoms with van der Waals surface area (Å²) in [6, 6.07) is 0. The summed E-state index contributed by atoms with van der Waals surface area (Å²) < 4.78 is 5.55. The minimum absolute atomic E-state index is 0.855. The summed E-state index contributed by atoms with van der Waals surface area (Å²) >= 11 is 0. The van der Waals surface area contributed by atoms with Crippen LogP contribution < -0.4 is 5.32 Å². The van der Waals surface area contributed by atoms with Crippen molar-refractivity contribution in [1.29, 1.82) is 0 Å². The molecule has 1 unspecified atom stereocenters. The van der Waals surface area contributed by atoms with Gasteiger partial charge in [-0.3, -0.25) is 0 Å². The van der Waals surface area contributed by atoms with E-state index in [-0.39, 0.29) is 0 Å². The summed E-state index contributed by atoms with van der Waals surface area (Å²) in [6.07, 6.45) is 6.60. The maximum absolute atomic E-state index is 5.55. The second kappa shape index (κ2) is 11.5. The standard InChI is InChI=1S/C17H36N2O/c1-4-5-14-20-15-10-18-9-13-19-11-6-7-17(8-12-19)16(2)3/h16-18H,4-15H2,1-3H3. The molecule has 20 heavy (non-hydrogen) atoms. The van der Waals surface area contributed by atoms with Gasteiger partial charge in [0.25, 0.3) is 0 Å². The molecule has 0 bridgehead atoms. The molecule has 0 saturated carbocycles. The van der Waals surface area contributed by atoms with Gasteiger partial charge in [-0.1, -0.05) is 27.2 Å². The molecule has 0 aromatic carbocycles. The molecule has 1 saturated heterocycles. The molecule has 1 heterocycles. The molecule has 1 N–H and O–H groups in total. The first-order valence-electron chi connectivity index (χ1n) is 8.74. The normalized spacial score (nSPS) is 21.3. The highest BCUT2D eigenvalue weighted by Gasteiger charge is 2.18. The number of likely N-dealkylation sites (tertiary alicyclic amines) is 1. The fourth-order valence-corrected chi connectivity index (χ4v) is 2.93. The largest absolute Gasteiger partial charge is 0.380 e. The third kappa shape index (κ3) is 8.23. The fraction of sp³-hybridized carbons (Fsp3) is 1.00. The minimum Gasteiger partial charge on any atom is -0.380 e. The Morgan fingerprint density at radius 3 is 2.75 bits per heavy atom. The van der Waals surface area contributed by atoms with Gasteiger partial charge >= 0.3 is 0 Å². The van der Waals surface area contributed by atoms with Crippen molar-refractivity contribution in [2.75, 3.05) is 45.9 Å². The first-order chi connectivity index (χ1) is 9.74. The van der Waals surface area contributed by atoms with Crippen LogP contribution in [0.25, 0.3) is 0 Å². The Bertz CT molecular complexity index is 221. The Morgan fingerprint density at radius 2 is 2.00 bits per heavy atom. The van der Waals surface area contributed by atoms with Crippen LogP contribution in [0.4, 0.5) is 0 Å². The average Bonchev–Trinajstić information content (AvgIpc) is 2.67. The third-order valence-electron chi connectivity index (χ3n) is 4.48. The van der Waals surface area contributed by atoms with Gasteiger partial charge in [0.15, 0.2) is 0 Å². The number of rotatable bonds is 10. The van der Waals surface area contributed by atoms with Crippen LogP contribution in [0, 0.1) is 11.8 Å². The van der Waals surface area contributed by atoms with Crippen molar-refractivity contribution < 1.29 is 4.74 Å². The molecule has 0 amide bonds. The van der Waals surface area contributed by atoms with Crippen molar-refractivity contribution in [2.45, 2.75) is 52.9 Å². The number of nitrogens with one attached hydrogen (secondary N) is 1. The van der Waals surface area contributed by atoms with Crippen molar-refractivity contribution in [2.24, 2.45) is 11.8 Å². The predicted octanol–water partition coefficient (Wildman–Crippen LogP) is 3.15. The molecular weight excluding hydrogens is 248 g/mol. The van der Waals surface area contributed by atoms with E-state index in [4.69, 9.17) is 4.74 Å². The molecule has 0 aliphatic carbocycles. The number of unbranched alkanes of at least 4 members (excludes halogenated alkanes) is 1. The number of hydrogen-bond acceptors (Lipinski definition) is 3. The minimum atomic E-state index is 0.855. The van der Waals surface area contributed by atoms with Crippen LogP contribution in [0.2, 0.25) is 0 Å². The van der Waals surface area contributed by atoms with E-state index < -0.39 is 0 Å². The quantitative estimate of drug-likeness (QED) is 0.624. The molecule has 1 aliphatic rings. The van der Waals surface area contributed by atoms with Crippen LogP contribution >= 0.6 is 0 Å². The molecule has 1 atom stereocenters. The van der Waals surface area contributed by atoms with Crippen molar-refractivity contribution in [3.63, 3.8) is 0 Å². The summed E-state index contributed by atoms with van der Waals surface area (Å²) in [5.41, 5.74) is 0. The van der Waals surface area contributed by atoms with E-state index >= 15 is 0 Å². The third-order valence-corrected chi connectivity index (χ3v) is 4.48. The van der Waals surface area contributed by atoms with E-state index in [9.17, 15) is 0 Å². The predicted molar refractivity (Wildman–Crippen MR) is 87.2 cm³/mol. The van der Waals surface area contributed by atoms with Crippen LogP contribution in [0.1, 0.15) is 52.9 Å². The van der Waals surface area contributed by atoms with Gasteiger partial charge in [0.05, 0.1) is 6.61 Å². The first kappa shape index (κ1) is 17.9. The van der Waals surface area contributed by atoms with E-state index in [1.54, 1.807) is 0 Å². The summed E-state index contributed by atoms with van der Waals surface area (Å²) in [5.74, 6) is 1.80. The SMILES string of the molecule is CCCCOCCNCCN1CCCC(C(C)C)CC1. The number of hydrogen-bond donors (Lipinski definition) is 1. The summed E-state index contributed by atoms with van der Waals surface area (Å²) in [6.45, 7) is 14.6. The topological polar surface area (TPSA) is 24.5 Å². The zero-order valence-electron chi connectivity index (χ0n) is 14.0. The molecule has 3 heteroatoms. The van der Waals surface area contributed by atoms with E-state index in [2.05, 4.69) is 31.0 Å². The van der Waals surface area contributed by atoms with Crippen molar-refractivity contribution in [3.8, 4) is 0 Å². The Morgan fingerprint density at radius 1 is 1.15 bits per heavy atom. The van der Waals surface area contributed by atoms with Gasteiger partial charge in [-0.25, -0.2) is 0 Å². The molecule has 1 fully saturated rings. The first-order valence-corrected chi connectivity index (χ1v) is 8.74. The van der Waals surface area contributed by atoms with Crippen molar-refractivity contribution >= 4 is 0 Å². The second-order valence-corrected chi connectivity index (χ2v) is 6.49.